The van der Waals surface area contributed by atoms with Crippen LogP contribution in [0.15, 0.2) is 77.7 Å². The van der Waals surface area contributed by atoms with Crippen molar-refractivity contribution in [3.63, 3.8) is 0 Å². The Morgan fingerprint density at radius 1 is 0.914 bits per heavy atom. The summed E-state index contributed by atoms with van der Waals surface area (Å²) >= 11 is 0. The van der Waals surface area contributed by atoms with Crippen LogP contribution in [0.5, 0.6) is 0 Å². The molecule has 0 amide bonds. The molecule has 2 heterocycles. The fourth-order valence-corrected chi connectivity index (χ4v) is 6.88. The number of anilines is 3. The van der Waals surface area contributed by atoms with E-state index in [1.54, 1.807) is 28.6 Å². The maximum atomic E-state index is 13.8. The highest BCUT2D eigenvalue weighted by Crippen LogP contribution is 2.43. The monoisotopic (exact) mass is 495 g/mol. The molecule has 0 radical (unpaired) electrons. The van der Waals surface area contributed by atoms with E-state index in [0.29, 0.717) is 34.9 Å². The van der Waals surface area contributed by atoms with Crippen molar-refractivity contribution in [2.75, 3.05) is 42.4 Å². The molecule has 8 heteroatoms. The average Bonchev–Trinajstić information content (AvgIpc) is 2.94. The van der Waals surface area contributed by atoms with Gasteiger partial charge < -0.3 is 14.9 Å². The molecular formula is C27H30FN3O3S. The number of para-hydroxylation sites is 3. The molecule has 0 spiro atoms. The third-order valence-electron chi connectivity index (χ3n) is 7.12. The van der Waals surface area contributed by atoms with Crippen molar-refractivity contribution >= 4 is 27.1 Å². The summed E-state index contributed by atoms with van der Waals surface area (Å²) in [5.41, 5.74) is 2.93. The molecule has 0 unspecified atom stereocenters. The van der Waals surface area contributed by atoms with Gasteiger partial charge >= 0.3 is 0 Å². The molecule has 184 valence electrons. The van der Waals surface area contributed by atoms with E-state index >= 15 is 0 Å². The largest absolute Gasteiger partial charge is 0.387 e. The van der Waals surface area contributed by atoms with Gasteiger partial charge in [0.1, 0.15) is 10.7 Å². The number of aliphatic hydroxyl groups excluding tert-OH is 1. The highest BCUT2D eigenvalue weighted by atomic mass is 32.2. The summed E-state index contributed by atoms with van der Waals surface area (Å²) in [6.07, 6.45) is 0.987. The van der Waals surface area contributed by atoms with Crippen LogP contribution >= 0.6 is 0 Å². The van der Waals surface area contributed by atoms with Crippen molar-refractivity contribution in [2.45, 2.75) is 23.8 Å². The molecule has 0 saturated carbocycles. The van der Waals surface area contributed by atoms with Crippen LogP contribution in [-0.4, -0.2) is 51.7 Å². The van der Waals surface area contributed by atoms with Crippen molar-refractivity contribution in [3.8, 4) is 0 Å². The van der Waals surface area contributed by atoms with Gasteiger partial charge in [-0.3, -0.25) is 4.31 Å². The average molecular weight is 496 g/mol. The van der Waals surface area contributed by atoms with Gasteiger partial charge in [0.2, 0.25) is 0 Å². The lowest BCUT2D eigenvalue weighted by Gasteiger charge is -2.36. The fraction of sp³-hybridized carbons (Fsp3) is 0.333. The van der Waals surface area contributed by atoms with Crippen molar-refractivity contribution in [3.05, 3.63) is 84.2 Å². The van der Waals surface area contributed by atoms with Gasteiger partial charge in [0.15, 0.2) is 0 Å². The van der Waals surface area contributed by atoms with Crippen LogP contribution in [0.4, 0.5) is 21.5 Å². The summed E-state index contributed by atoms with van der Waals surface area (Å²) in [5.74, 6) is -0.117. The minimum absolute atomic E-state index is 0.201. The predicted molar refractivity (Wildman–Crippen MR) is 136 cm³/mol. The highest BCUT2D eigenvalue weighted by molar-refractivity contribution is 7.93. The number of halogens is 1. The fourth-order valence-electron chi connectivity index (χ4n) is 5.11. The number of nitrogens with zero attached hydrogens (tertiary/aromatic N) is 3. The number of hydrogen-bond donors (Lipinski definition) is 1. The van der Waals surface area contributed by atoms with Gasteiger partial charge in [-0.2, -0.15) is 0 Å². The third kappa shape index (κ3) is 4.66. The number of rotatable bonds is 5. The summed E-state index contributed by atoms with van der Waals surface area (Å²) in [5, 5.41) is 10.6. The lowest BCUT2D eigenvalue weighted by molar-refractivity contribution is 0.0904. The van der Waals surface area contributed by atoms with Crippen LogP contribution < -0.4 is 9.21 Å². The second-order valence-corrected chi connectivity index (χ2v) is 11.2. The first kappa shape index (κ1) is 23.8. The maximum Gasteiger partial charge on any atom is 0.266 e. The summed E-state index contributed by atoms with van der Waals surface area (Å²) in [6.45, 7) is 2.43. The number of hydrogen-bond acceptors (Lipinski definition) is 5. The van der Waals surface area contributed by atoms with Gasteiger partial charge in [0.25, 0.3) is 10.0 Å². The molecule has 2 aliphatic rings. The van der Waals surface area contributed by atoms with Gasteiger partial charge in [-0.15, -0.1) is 0 Å². The number of β-amino-alcohol motifs (C(OH)–C–C–N with tert-alkyl or cyclic N) is 1. The maximum absolute atomic E-state index is 13.8. The van der Waals surface area contributed by atoms with Gasteiger partial charge in [-0.1, -0.05) is 36.4 Å². The first-order chi connectivity index (χ1) is 16.8. The Morgan fingerprint density at radius 3 is 2.20 bits per heavy atom. The molecule has 5 rings (SSSR count). The van der Waals surface area contributed by atoms with Crippen LogP contribution in [-0.2, 0) is 10.0 Å². The molecule has 1 fully saturated rings. The molecule has 6 nitrogen and oxygen atoms in total. The Morgan fingerprint density at radius 2 is 1.51 bits per heavy atom. The Labute approximate surface area is 206 Å². The minimum atomic E-state index is -3.73. The first-order valence-electron chi connectivity index (χ1n) is 11.9. The molecule has 35 heavy (non-hydrogen) atoms. The van der Waals surface area contributed by atoms with E-state index in [0.717, 1.165) is 31.6 Å². The molecule has 1 saturated heterocycles. The second-order valence-electron chi connectivity index (χ2n) is 9.36. The van der Waals surface area contributed by atoms with Gasteiger partial charge in [-0.25, -0.2) is 12.8 Å². The molecule has 0 aliphatic carbocycles. The van der Waals surface area contributed by atoms with E-state index in [1.165, 1.54) is 12.1 Å². The molecular weight excluding hydrogens is 465 g/mol. The van der Waals surface area contributed by atoms with Gasteiger partial charge in [0, 0.05) is 20.1 Å². The molecule has 3 aromatic carbocycles. The molecule has 0 aromatic heterocycles. The lowest BCUT2D eigenvalue weighted by atomic mass is 9.96. The number of piperidine rings is 1. The normalized spacial score (nSPS) is 19.1. The molecule has 1 N–H and O–H groups in total. The molecule has 0 bridgehead atoms. The summed E-state index contributed by atoms with van der Waals surface area (Å²) in [7, 11) is -1.83. The lowest BCUT2D eigenvalue weighted by Crippen LogP contribution is -2.42. The number of fused-ring (bicyclic) bond motifs is 2. The van der Waals surface area contributed by atoms with Crippen LogP contribution in [0.25, 0.3) is 0 Å². The SMILES string of the molecule is CN1c2ccccc2N(CC2CCN(C[C@H](O)c3ccc(F)cc3)CC2)S(=O)(=O)c2ccccc21. The zero-order valence-corrected chi connectivity index (χ0v) is 20.5. The quantitative estimate of drug-likeness (QED) is 0.563. The van der Waals surface area contributed by atoms with Crippen LogP contribution in [0, 0.1) is 11.7 Å². The molecule has 1 atom stereocenters. The number of likely N-dealkylation sites (tertiary alicyclic amines) is 1. The Balaban J connectivity index is 1.32. The summed E-state index contributed by atoms with van der Waals surface area (Å²) in [4.78, 5) is 4.46. The van der Waals surface area contributed by atoms with Gasteiger partial charge in [0.05, 0.1) is 23.2 Å². The van der Waals surface area contributed by atoms with Gasteiger partial charge in [-0.05, 0) is 73.8 Å². The van der Waals surface area contributed by atoms with Crippen molar-refractivity contribution in [2.24, 2.45) is 5.92 Å². The Kier molecular flexibility index (Phi) is 6.53. The van der Waals surface area contributed by atoms with Crippen LogP contribution in [0.3, 0.4) is 0 Å². The Bertz CT molecular complexity index is 1290. The van der Waals surface area contributed by atoms with E-state index in [4.69, 9.17) is 0 Å². The van der Waals surface area contributed by atoms with E-state index in [1.807, 2.05) is 48.3 Å². The summed E-state index contributed by atoms with van der Waals surface area (Å²) < 4.78 is 42.4. The van der Waals surface area contributed by atoms with Crippen LogP contribution in [0.2, 0.25) is 0 Å². The van der Waals surface area contributed by atoms with Crippen molar-refractivity contribution in [1.82, 2.24) is 4.90 Å². The highest BCUT2D eigenvalue weighted by Gasteiger charge is 2.36. The van der Waals surface area contributed by atoms with E-state index < -0.39 is 16.1 Å². The third-order valence-corrected chi connectivity index (χ3v) is 8.95. The number of aliphatic hydroxyl groups is 1. The van der Waals surface area contributed by atoms with Crippen molar-refractivity contribution in [1.29, 1.82) is 0 Å². The molecule has 3 aromatic rings. The standard InChI is InChI=1S/C27H30FN3O3S/c1-29-23-6-2-3-7-24(23)31(35(33,34)27-9-5-4-8-25(27)29)18-20-14-16-30(17-15-20)19-26(32)21-10-12-22(28)13-11-21/h2-13,20,26,32H,14-19H2,1H3/t26-/m0/s1. The van der Waals surface area contributed by atoms with E-state index in [-0.39, 0.29) is 11.7 Å². The smallest absolute Gasteiger partial charge is 0.266 e. The minimum Gasteiger partial charge on any atom is -0.387 e. The van der Waals surface area contributed by atoms with Crippen molar-refractivity contribution < 1.29 is 17.9 Å². The number of benzene rings is 3. The zero-order chi connectivity index (χ0) is 24.6. The number of sulfonamides is 1. The predicted octanol–water partition coefficient (Wildman–Crippen LogP) is 4.55. The topological polar surface area (TPSA) is 64.1 Å². The second kappa shape index (κ2) is 9.60. The van der Waals surface area contributed by atoms with E-state index in [2.05, 4.69) is 4.90 Å². The first-order valence-corrected chi connectivity index (χ1v) is 13.4. The molecule has 2 aliphatic heterocycles. The van der Waals surface area contributed by atoms with E-state index in [9.17, 15) is 17.9 Å². The Hall–Kier alpha value is -2.94. The van der Waals surface area contributed by atoms with Crippen LogP contribution in [0.1, 0.15) is 24.5 Å². The zero-order valence-electron chi connectivity index (χ0n) is 19.7. The summed E-state index contributed by atoms with van der Waals surface area (Å²) in [6, 6.07) is 20.7.